The van der Waals surface area contributed by atoms with Gasteiger partial charge in [0, 0.05) is 6.07 Å². The van der Waals surface area contributed by atoms with E-state index in [0.717, 1.165) is 11.1 Å². The molecule has 3 nitrogen and oxygen atoms in total. The molecular formula is C13H18O3. The molecule has 0 fully saturated rings. The van der Waals surface area contributed by atoms with Crippen LogP contribution in [-0.4, -0.2) is 19.3 Å². The molecule has 0 spiro atoms. The first kappa shape index (κ1) is 12.6. The third-order valence-corrected chi connectivity index (χ3v) is 2.21. The van der Waals surface area contributed by atoms with Crippen LogP contribution in [0.15, 0.2) is 29.8 Å². The number of ether oxygens (including phenoxy) is 2. The summed E-state index contributed by atoms with van der Waals surface area (Å²) >= 11 is 0. The first-order valence-electron chi connectivity index (χ1n) is 5.13. The van der Waals surface area contributed by atoms with Gasteiger partial charge in [-0.05, 0) is 31.5 Å². The van der Waals surface area contributed by atoms with Gasteiger partial charge in [0.25, 0.3) is 0 Å². The Morgan fingerprint density at radius 3 is 2.00 bits per heavy atom. The lowest BCUT2D eigenvalue weighted by Crippen LogP contribution is -1.96. The number of hydrogen-bond acceptors (Lipinski definition) is 3. The van der Waals surface area contributed by atoms with Gasteiger partial charge in [0.1, 0.15) is 11.5 Å². The molecule has 0 saturated carbocycles. The lowest BCUT2D eigenvalue weighted by molar-refractivity contribution is 0.226. The number of rotatable bonds is 4. The number of benzene rings is 1. The van der Waals surface area contributed by atoms with E-state index in [1.54, 1.807) is 38.5 Å². The van der Waals surface area contributed by atoms with E-state index in [4.69, 9.17) is 9.47 Å². The van der Waals surface area contributed by atoms with Crippen molar-refractivity contribution in [1.82, 2.24) is 0 Å². The van der Waals surface area contributed by atoms with Crippen molar-refractivity contribution in [3.63, 3.8) is 0 Å². The second kappa shape index (κ2) is 5.56. The van der Waals surface area contributed by atoms with E-state index in [0.29, 0.717) is 11.5 Å². The Bertz CT molecular complexity index is 357. The molecule has 0 saturated heterocycles. The second-order valence-electron chi connectivity index (χ2n) is 3.83. The van der Waals surface area contributed by atoms with Crippen LogP contribution >= 0.6 is 0 Å². The molecule has 1 aromatic carbocycles. The van der Waals surface area contributed by atoms with E-state index < -0.39 is 6.10 Å². The largest absolute Gasteiger partial charge is 0.497 e. The van der Waals surface area contributed by atoms with Crippen molar-refractivity contribution in [2.24, 2.45) is 0 Å². The van der Waals surface area contributed by atoms with Crippen molar-refractivity contribution in [1.29, 1.82) is 0 Å². The Kier molecular flexibility index (Phi) is 4.38. The van der Waals surface area contributed by atoms with Gasteiger partial charge < -0.3 is 14.6 Å². The first-order chi connectivity index (χ1) is 7.56. The Morgan fingerprint density at radius 2 is 1.62 bits per heavy atom. The summed E-state index contributed by atoms with van der Waals surface area (Å²) in [6.07, 6.45) is 1.16. The predicted octanol–water partition coefficient (Wildman–Crippen LogP) is 2.70. The highest BCUT2D eigenvalue weighted by Gasteiger charge is 2.08. The van der Waals surface area contributed by atoms with Crippen LogP contribution in [0.25, 0.3) is 0 Å². The molecule has 88 valence electrons. The van der Waals surface area contributed by atoms with E-state index in [1.165, 1.54) is 0 Å². The molecule has 0 aliphatic carbocycles. The molecule has 3 heteroatoms. The first-order valence-corrected chi connectivity index (χ1v) is 5.13. The summed E-state index contributed by atoms with van der Waals surface area (Å²) in [5.41, 5.74) is 1.83. The number of methoxy groups -OCH3 is 2. The van der Waals surface area contributed by atoms with Crippen molar-refractivity contribution in [2.75, 3.05) is 14.2 Å². The number of aliphatic hydroxyl groups is 1. The molecule has 0 aromatic heterocycles. The van der Waals surface area contributed by atoms with Crippen LogP contribution in [0.5, 0.6) is 11.5 Å². The Balaban J connectivity index is 3.07. The van der Waals surface area contributed by atoms with E-state index in [9.17, 15) is 5.11 Å². The Morgan fingerprint density at radius 1 is 1.12 bits per heavy atom. The zero-order valence-corrected chi connectivity index (χ0v) is 10.2. The summed E-state index contributed by atoms with van der Waals surface area (Å²) in [5, 5.41) is 9.94. The van der Waals surface area contributed by atoms with Gasteiger partial charge in [0.2, 0.25) is 0 Å². The average Bonchev–Trinajstić information content (AvgIpc) is 2.27. The van der Waals surface area contributed by atoms with E-state index in [-0.39, 0.29) is 0 Å². The molecule has 1 rings (SSSR count). The monoisotopic (exact) mass is 222 g/mol. The maximum absolute atomic E-state index is 9.94. The van der Waals surface area contributed by atoms with Crippen LogP contribution in [0.4, 0.5) is 0 Å². The second-order valence-corrected chi connectivity index (χ2v) is 3.83. The van der Waals surface area contributed by atoms with Crippen LogP contribution in [-0.2, 0) is 0 Å². The topological polar surface area (TPSA) is 38.7 Å². The van der Waals surface area contributed by atoms with Crippen LogP contribution in [0.1, 0.15) is 25.5 Å². The van der Waals surface area contributed by atoms with Gasteiger partial charge in [-0.3, -0.25) is 0 Å². The summed E-state index contributed by atoms with van der Waals surface area (Å²) in [5.74, 6) is 1.35. The zero-order chi connectivity index (χ0) is 12.1. The van der Waals surface area contributed by atoms with Crippen LogP contribution in [0.3, 0.4) is 0 Å². The number of allylic oxidation sites excluding steroid dienone is 1. The van der Waals surface area contributed by atoms with Crippen LogP contribution in [0.2, 0.25) is 0 Å². The summed E-state index contributed by atoms with van der Waals surface area (Å²) in [6, 6.07) is 5.37. The van der Waals surface area contributed by atoms with Gasteiger partial charge in [-0.2, -0.15) is 0 Å². The van der Waals surface area contributed by atoms with Gasteiger partial charge >= 0.3 is 0 Å². The SMILES string of the molecule is COc1cc(OC)cc(C(O)C=C(C)C)c1. The molecular weight excluding hydrogens is 204 g/mol. The smallest absolute Gasteiger partial charge is 0.122 e. The van der Waals surface area contributed by atoms with Crippen molar-refractivity contribution in [3.8, 4) is 11.5 Å². The number of aliphatic hydroxyl groups excluding tert-OH is 1. The van der Waals surface area contributed by atoms with Gasteiger partial charge in [0.15, 0.2) is 0 Å². The molecule has 16 heavy (non-hydrogen) atoms. The fourth-order valence-electron chi connectivity index (χ4n) is 1.41. The number of hydrogen-bond donors (Lipinski definition) is 1. The normalized spacial score (nSPS) is 11.8. The lowest BCUT2D eigenvalue weighted by Gasteiger charge is -2.11. The summed E-state index contributed by atoms with van der Waals surface area (Å²) in [6.45, 7) is 3.89. The molecule has 1 N–H and O–H groups in total. The minimum atomic E-state index is -0.631. The van der Waals surface area contributed by atoms with E-state index in [2.05, 4.69) is 0 Å². The third-order valence-electron chi connectivity index (χ3n) is 2.21. The van der Waals surface area contributed by atoms with E-state index >= 15 is 0 Å². The molecule has 1 unspecified atom stereocenters. The maximum atomic E-state index is 9.94. The predicted molar refractivity (Wildman–Crippen MR) is 63.9 cm³/mol. The van der Waals surface area contributed by atoms with Gasteiger partial charge in [-0.1, -0.05) is 11.6 Å². The standard InChI is InChI=1S/C13H18O3/c1-9(2)5-13(14)10-6-11(15-3)8-12(7-10)16-4/h5-8,13-14H,1-4H3. The highest BCUT2D eigenvalue weighted by molar-refractivity contribution is 5.40. The van der Waals surface area contributed by atoms with Crippen LogP contribution < -0.4 is 9.47 Å². The fourth-order valence-corrected chi connectivity index (χ4v) is 1.41. The Hall–Kier alpha value is -1.48. The van der Waals surface area contributed by atoms with Gasteiger partial charge in [-0.25, -0.2) is 0 Å². The van der Waals surface area contributed by atoms with Crippen molar-refractivity contribution >= 4 is 0 Å². The quantitative estimate of drug-likeness (QED) is 0.796. The molecule has 0 heterocycles. The third kappa shape index (κ3) is 3.28. The summed E-state index contributed by atoms with van der Waals surface area (Å²) in [7, 11) is 3.18. The zero-order valence-electron chi connectivity index (χ0n) is 10.2. The van der Waals surface area contributed by atoms with Gasteiger partial charge in [0.05, 0.1) is 20.3 Å². The molecule has 0 radical (unpaired) electrons. The average molecular weight is 222 g/mol. The molecule has 0 amide bonds. The molecule has 0 aliphatic heterocycles. The minimum Gasteiger partial charge on any atom is -0.497 e. The highest BCUT2D eigenvalue weighted by Crippen LogP contribution is 2.27. The summed E-state index contributed by atoms with van der Waals surface area (Å²) in [4.78, 5) is 0. The van der Waals surface area contributed by atoms with Gasteiger partial charge in [-0.15, -0.1) is 0 Å². The Labute approximate surface area is 96.3 Å². The maximum Gasteiger partial charge on any atom is 0.122 e. The fraction of sp³-hybridized carbons (Fsp3) is 0.385. The van der Waals surface area contributed by atoms with Crippen molar-refractivity contribution < 1.29 is 14.6 Å². The molecule has 1 atom stereocenters. The summed E-state index contributed by atoms with van der Waals surface area (Å²) < 4.78 is 10.3. The highest BCUT2D eigenvalue weighted by atomic mass is 16.5. The molecule has 0 bridgehead atoms. The van der Waals surface area contributed by atoms with Crippen molar-refractivity contribution in [2.45, 2.75) is 20.0 Å². The van der Waals surface area contributed by atoms with E-state index in [1.807, 2.05) is 13.8 Å². The van der Waals surface area contributed by atoms with Crippen molar-refractivity contribution in [3.05, 3.63) is 35.4 Å². The minimum absolute atomic E-state index is 0.631. The lowest BCUT2D eigenvalue weighted by atomic mass is 10.1. The molecule has 0 aliphatic rings. The van der Waals surface area contributed by atoms with Crippen LogP contribution in [0, 0.1) is 0 Å². The molecule has 1 aromatic rings.